The van der Waals surface area contributed by atoms with Crippen molar-refractivity contribution in [1.82, 2.24) is 5.32 Å². The van der Waals surface area contributed by atoms with E-state index in [1.54, 1.807) is 0 Å². The van der Waals surface area contributed by atoms with E-state index in [1.165, 1.54) is 24.0 Å². The maximum Gasteiger partial charge on any atom is 0.0633 e. The lowest BCUT2D eigenvalue weighted by molar-refractivity contribution is 0.0925. The van der Waals surface area contributed by atoms with Crippen LogP contribution in [0.1, 0.15) is 43.4 Å². The summed E-state index contributed by atoms with van der Waals surface area (Å²) in [5.41, 5.74) is 2.11. The van der Waals surface area contributed by atoms with E-state index in [1.807, 2.05) is 6.92 Å². The SMILES string of the molecule is CC(CO)(CO)NC1CCCCc2ccccc21. The smallest absolute Gasteiger partial charge is 0.0633 e. The lowest BCUT2D eigenvalue weighted by Crippen LogP contribution is -2.50. The molecule has 0 fully saturated rings. The Balaban J connectivity index is 2.23. The number of hydrogen-bond acceptors (Lipinski definition) is 3. The lowest BCUT2D eigenvalue weighted by Gasteiger charge is -2.32. The summed E-state index contributed by atoms with van der Waals surface area (Å²) in [6.45, 7) is 1.75. The van der Waals surface area contributed by atoms with E-state index in [0.29, 0.717) is 0 Å². The fourth-order valence-corrected chi connectivity index (χ4v) is 2.63. The molecule has 3 heteroatoms. The van der Waals surface area contributed by atoms with Crippen LogP contribution in [0, 0.1) is 0 Å². The Bertz CT molecular complexity index is 388. The van der Waals surface area contributed by atoms with Crippen molar-refractivity contribution in [3.63, 3.8) is 0 Å². The van der Waals surface area contributed by atoms with Gasteiger partial charge < -0.3 is 15.5 Å². The molecule has 0 aromatic heterocycles. The molecule has 0 saturated carbocycles. The maximum atomic E-state index is 9.41. The Hall–Kier alpha value is -0.900. The average molecular weight is 249 g/mol. The number of aryl methyl sites for hydroxylation is 1. The minimum absolute atomic E-state index is 0.0534. The molecular weight excluding hydrogens is 226 g/mol. The molecule has 1 aliphatic carbocycles. The molecule has 1 aromatic rings. The van der Waals surface area contributed by atoms with E-state index >= 15 is 0 Å². The van der Waals surface area contributed by atoms with Crippen molar-refractivity contribution < 1.29 is 10.2 Å². The zero-order chi connectivity index (χ0) is 13.0. The summed E-state index contributed by atoms with van der Waals surface area (Å²) >= 11 is 0. The van der Waals surface area contributed by atoms with Crippen LogP contribution in [0.2, 0.25) is 0 Å². The summed E-state index contributed by atoms with van der Waals surface area (Å²) in [4.78, 5) is 0. The Kier molecular flexibility index (Phi) is 4.38. The van der Waals surface area contributed by atoms with E-state index in [-0.39, 0.29) is 19.3 Å². The second kappa shape index (κ2) is 5.83. The first-order valence-corrected chi connectivity index (χ1v) is 6.76. The van der Waals surface area contributed by atoms with Gasteiger partial charge in [0.1, 0.15) is 0 Å². The third kappa shape index (κ3) is 2.91. The molecule has 0 spiro atoms. The molecule has 0 bridgehead atoms. The molecule has 0 aliphatic heterocycles. The Morgan fingerprint density at radius 3 is 2.67 bits per heavy atom. The Morgan fingerprint density at radius 1 is 1.22 bits per heavy atom. The van der Waals surface area contributed by atoms with Gasteiger partial charge >= 0.3 is 0 Å². The molecule has 0 saturated heterocycles. The highest BCUT2D eigenvalue weighted by molar-refractivity contribution is 5.31. The molecule has 1 aliphatic rings. The molecular formula is C15H23NO2. The first kappa shape index (κ1) is 13.5. The molecule has 1 unspecified atom stereocenters. The summed E-state index contributed by atoms with van der Waals surface area (Å²) in [6, 6.07) is 8.72. The van der Waals surface area contributed by atoms with Gasteiger partial charge in [0.25, 0.3) is 0 Å². The highest BCUT2D eigenvalue weighted by atomic mass is 16.3. The fraction of sp³-hybridized carbons (Fsp3) is 0.600. The van der Waals surface area contributed by atoms with Gasteiger partial charge in [-0.2, -0.15) is 0 Å². The van der Waals surface area contributed by atoms with Crippen molar-refractivity contribution in [2.24, 2.45) is 0 Å². The Morgan fingerprint density at radius 2 is 1.94 bits per heavy atom. The highest BCUT2D eigenvalue weighted by Crippen LogP contribution is 2.30. The van der Waals surface area contributed by atoms with E-state index in [4.69, 9.17) is 0 Å². The van der Waals surface area contributed by atoms with Crippen molar-refractivity contribution >= 4 is 0 Å². The van der Waals surface area contributed by atoms with Crippen LogP contribution in [0.5, 0.6) is 0 Å². The largest absolute Gasteiger partial charge is 0.394 e. The lowest BCUT2D eigenvalue weighted by atomic mass is 9.95. The third-order valence-corrected chi connectivity index (χ3v) is 3.84. The number of hydrogen-bond donors (Lipinski definition) is 3. The van der Waals surface area contributed by atoms with E-state index in [0.717, 1.165) is 12.8 Å². The number of nitrogens with one attached hydrogen (secondary N) is 1. The molecule has 18 heavy (non-hydrogen) atoms. The average Bonchev–Trinajstić information content (AvgIpc) is 2.61. The third-order valence-electron chi connectivity index (χ3n) is 3.84. The van der Waals surface area contributed by atoms with E-state index < -0.39 is 5.54 Å². The molecule has 1 atom stereocenters. The van der Waals surface area contributed by atoms with E-state index in [2.05, 4.69) is 29.6 Å². The second-order valence-electron chi connectivity index (χ2n) is 5.52. The van der Waals surface area contributed by atoms with Gasteiger partial charge in [0.2, 0.25) is 0 Å². The number of rotatable bonds is 4. The molecule has 1 aromatic carbocycles. The summed E-state index contributed by atoms with van der Waals surface area (Å²) in [5, 5.41) is 22.3. The molecule has 100 valence electrons. The van der Waals surface area contributed by atoms with Gasteiger partial charge in [0.15, 0.2) is 0 Å². The molecule has 0 radical (unpaired) electrons. The van der Waals surface area contributed by atoms with Crippen LogP contribution in [0.15, 0.2) is 24.3 Å². The molecule has 0 heterocycles. The number of benzene rings is 1. The van der Waals surface area contributed by atoms with Gasteiger partial charge in [-0.25, -0.2) is 0 Å². The number of fused-ring (bicyclic) bond motifs is 1. The molecule has 3 N–H and O–H groups in total. The molecule has 2 rings (SSSR count). The summed E-state index contributed by atoms with van der Waals surface area (Å²) in [7, 11) is 0. The highest BCUT2D eigenvalue weighted by Gasteiger charge is 2.28. The van der Waals surface area contributed by atoms with Gasteiger partial charge in [-0.05, 0) is 37.3 Å². The number of aliphatic hydroxyl groups excluding tert-OH is 2. The van der Waals surface area contributed by atoms with Crippen LogP contribution in [-0.4, -0.2) is 29.0 Å². The van der Waals surface area contributed by atoms with Gasteiger partial charge in [0.05, 0.1) is 18.8 Å². The number of aliphatic hydroxyl groups is 2. The van der Waals surface area contributed by atoms with Crippen LogP contribution < -0.4 is 5.32 Å². The van der Waals surface area contributed by atoms with Gasteiger partial charge in [0, 0.05) is 6.04 Å². The van der Waals surface area contributed by atoms with Crippen molar-refractivity contribution in [3.05, 3.63) is 35.4 Å². The first-order chi connectivity index (χ1) is 8.68. The topological polar surface area (TPSA) is 52.5 Å². The maximum absolute atomic E-state index is 9.41. The minimum Gasteiger partial charge on any atom is -0.394 e. The fourth-order valence-electron chi connectivity index (χ4n) is 2.63. The predicted octanol–water partition coefficient (Wildman–Crippen LogP) is 1.79. The van der Waals surface area contributed by atoms with E-state index in [9.17, 15) is 10.2 Å². The van der Waals surface area contributed by atoms with Crippen molar-refractivity contribution in [2.75, 3.05) is 13.2 Å². The zero-order valence-corrected chi connectivity index (χ0v) is 11.0. The standard InChI is InChI=1S/C15H23NO2/c1-15(10-17,11-18)16-14-9-5-3-7-12-6-2-4-8-13(12)14/h2,4,6,8,14,16-18H,3,5,7,9-11H2,1H3. The van der Waals surface area contributed by atoms with Gasteiger partial charge in [-0.1, -0.05) is 30.7 Å². The van der Waals surface area contributed by atoms with Crippen LogP contribution in [0.3, 0.4) is 0 Å². The van der Waals surface area contributed by atoms with Crippen molar-refractivity contribution in [3.8, 4) is 0 Å². The normalized spacial score (nSPS) is 20.3. The summed E-state index contributed by atoms with van der Waals surface area (Å²) < 4.78 is 0. The van der Waals surface area contributed by atoms with Crippen LogP contribution >= 0.6 is 0 Å². The quantitative estimate of drug-likeness (QED) is 0.713. The molecule has 0 amide bonds. The van der Waals surface area contributed by atoms with Gasteiger partial charge in [-0.3, -0.25) is 0 Å². The van der Waals surface area contributed by atoms with Crippen LogP contribution in [-0.2, 0) is 6.42 Å². The monoisotopic (exact) mass is 249 g/mol. The minimum atomic E-state index is -0.609. The first-order valence-electron chi connectivity index (χ1n) is 6.76. The van der Waals surface area contributed by atoms with Gasteiger partial charge in [-0.15, -0.1) is 0 Å². The van der Waals surface area contributed by atoms with Crippen molar-refractivity contribution in [1.29, 1.82) is 0 Å². The summed E-state index contributed by atoms with van der Waals surface area (Å²) in [6.07, 6.45) is 4.58. The van der Waals surface area contributed by atoms with Crippen molar-refractivity contribution in [2.45, 2.75) is 44.2 Å². The van der Waals surface area contributed by atoms with Crippen LogP contribution in [0.4, 0.5) is 0 Å². The molecule has 3 nitrogen and oxygen atoms in total. The predicted molar refractivity (Wildman–Crippen MR) is 72.5 cm³/mol. The zero-order valence-electron chi connectivity index (χ0n) is 11.0. The second-order valence-corrected chi connectivity index (χ2v) is 5.52. The Labute approximate surface area is 109 Å². The summed E-state index contributed by atoms with van der Waals surface area (Å²) in [5.74, 6) is 0. The van der Waals surface area contributed by atoms with Crippen LogP contribution in [0.25, 0.3) is 0 Å².